The average Bonchev–Trinajstić information content (AvgIpc) is 2.55. The highest BCUT2D eigenvalue weighted by molar-refractivity contribution is 5.95. The van der Waals surface area contributed by atoms with Crippen molar-refractivity contribution >= 4 is 16.8 Å². The second-order valence-electron chi connectivity index (χ2n) is 5.31. The number of hydrogen-bond acceptors (Lipinski definition) is 4. The maximum absolute atomic E-state index is 12.5. The number of fused-ring (bicyclic) bond motifs is 1. The molecule has 2 N–H and O–H groups in total. The van der Waals surface area contributed by atoms with Gasteiger partial charge in [-0.1, -0.05) is 24.3 Å². The fourth-order valence-corrected chi connectivity index (χ4v) is 2.70. The summed E-state index contributed by atoms with van der Waals surface area (Å²) in [6.45, 7) is 4.82. The number of carbonyl (C=O) groups excluding carboxylic acids is 1. The molecule has 2 aromatic rings. The van der Waals surface area contributed by atoms with Crippen LogP contribution < -0.4 is 5.73 Å². The molecule has 0 aliphatic carbocycles. The summed E-state index contributed by atoms with van der Waals surface area (Å²) in [6.07, 6.45) is 0. The van der Waals surface area contributed by atoms with Gasteiger partial charge in [0.25, 0.3) is 5.91 Å². The Morgan fingerprint density at radius 2 is 1.86 bits per heavy atom. The van der Waals surface area contributed by atoms with Crippen molar-refractivity contribution in [3.8, 4) is 0 Å². The molecule has 110 valence electrons. The van der Waals surface area contributed by atoms with E-state index in [-0.39, 0.29) is 5.91 Å². The van der Waals surface area contributed by atoms with Crippen LogP contribution in [0.5, 0.6) is 0 Å². The third-order valence-corrected chi connectivity index (χ3v) is 3.92. The van der Waals surface area contributed by atoms with Gasteiger partial charge in [-0.05, 0) is 12.1 Å². The Morgan fingerprint density at radius 3 is 2.62 bits per heavy atom. The van der Waals surface area contributed by atoms with Crippen LogP contribution in [0, 0.1) is 0 Å². The van der Waals surface area contributed by atoms with E-state index in [9.17, 15) is 4.79 Å². The van der Waals surface area contributed by atoms with Gasteiger partial charge >= 0.3 is 0 Å². The van der Waals surface area contributed by atoms with Crippen molar-refractivity contribution in [2.24, 2.45) is 5.73 Å². The van der Waals surface area contributed by atoms with E-state index in [2.05, 4.69) is 9.88 Å². The zero-order chi connectivity index (χ0) is 14.7. The number of aromatic nitrogens is 1. The Hall–Kier alpha value is -1.98. The molecule has 5 nitrogen and oxygen atoms in total. The Balaban J connectivity index is 1.72. The zero-order valence-corrected chi connectivity index (χ0v) is 12.0. The third-order valence-electron chi connectivity index (χ3n) is 3.92. The predicted molar refractivity (Wildman–Crippen MR) is 83.1 cm³/mol. The van der Waals surface area contributed by atoms with E-state index in [0.717, 1.165) is 43.6 Å². The first-order chi connectivity index (χ1) is 10.3. The van der Waals surface area contributed by atoms with Crippen LogP contribution >= 0.6 is 0 Å². The molecule has 0 spiro atoms. The first kappa shape index (κ1) is 14.0. The van der Waals surface area contributed by atoms with Gasteiger partial charge in [-0.3, -0.25) is 9.69 Å². The molecule has 1 fully saturated rings. The van der Waals surface area contributed by atoms with Gasteiger partial charge in [0, 0.05) is 44.7 Å². The van der Waals surface area contributed by atoms with Gasteiger partial charge in [0.15, 0.2) is 0 Å². The summed E-state index contributed by atoms with van der Waals surface area (Å²) in [5.74, 6) is 0.0214. The number of rotatable bonds is 3. The van der Waals surface area contributed by atoms with Crippen molar-refractivity contribution in [1.29, 1.82) is 0 Å². The van der Waals surface area contributed by atoms with Gasteiger partial charge in [0.1, 0.15) is 5.69 Å². The van der Waals surface area contributed by atoms with E-state index in [4.69, 9.17) is 5.73 Å². The van der Waals surface area contributed by atoms with Gasteiger partial charge in [0.2, 0.25) is 0 Å². The highest BCUT2D eigenvalue weighted by Crippen LogP contribution is 2.14. The van der Waals surface area contributed by atoms with E-state index in [1.807, 2.05) is 41.3 Å². The molecule has 0 atom stereocenters. The lowest BCUT2D eigenvalue weighted by atomic mass is 10.2. The van der Waals surface area contributed by atoms with Crippen molar-refractivity contribution in [2.75, 3.05) is 39.3 Å². The second-order valence-corrected chi connectivity index (χ2v) is 5.31. The third kappa shape index (κ3) is 3.04. The quantitative estimate of drug-likeness (QED) is 0.911. The largest absolute Gasteiger partial charge is 0.335 e. The molecule has 2 heterocycles. The maximum atomic E-state index is 12.5. The van der Waals surface area contributed by atoms with Crippen LogP contribution in [0.4, 0.5) is 0 Å². The zero-order valence-electron chi connectivity index (χ0n) is 12.0. The molecule has 1 aliphatic rings. The summed E-state index contributed by atoms with van der Waals surface area (Å²) in [5, 5.41) is 1.06. The molecule has 3 rings (SSSR count). The Bertz CT molecular complexity index is 635. The minimum atomic E-state index is 0.0214. The molecule has 5 heteroatoms. The Kier molecular flexibility index (Phi) is 4.13. The number of amides is 1. The molecule has 0 saturated carbocycles. The van der Waals surface area contributed by atoms with Gasteiger partial charge < -0.3 is 10.6 Å². The summed E-state index contributed by atoms with van der Waals surface area (Å²) in [6, 6.07) is 11.6. The van der Waals surface area contributed by atoms with Crippen molar-refractivity contribution in [1.82, 2.24) is 14.8 Å². The molecular weight excluding hydrogens is 264 g/mol. The average molecular weight is 284 g/mol. The molecule has 1 saturated heterocycles. The number of nitrogens with two attached hydrogens (primary N) is 1. The number of benzene rings is 1. The summed E-state index contributed by atoms with van der Waals surface area (Å²) in [7, 11) is 0. The highest BCUT2D eigenvalue weighted by Gasteiger charge is 2.22. The van der Waals surface area contributed by atoms with Crippen molar-refractivity contribution in [3.05, 3.63) is 42.1 Å². The summed E-state index contributed by atoms with van der Waals surface area (Å²) in [4.78, 5) is 21.2. The SMILES string of the molecule is NCCN1CCN(C(=O)c2ccc3ccccc3n2)CC1. The number of para-hydroxylation sites is 1. The van der Waals surface area contributed by atoms with Crippen LogP contribution in [0.15, 0.2) is 36.4 Å². The summed E-state index contributed by atoms with van der Waals surface area (Å²) >= 11 is 0. The number of nitrogens with zero attached hydrogens (tertiary/aromatic N) is 3. The molecule has 21 heavy (non-hydrogen) atoms. The molecule has 0 unspecified atom stereocenters. The van der Waals surface area contributed by atoms with Gasteiger partial charge in [-0.15, -0.1) is 0 Å². The lowest BCUT2D eigenvalue weighted by Crippen LogP contribution is -2.49. The molecule has 1 aliphatic heterocycles. The topological polar surface area (TPSA) is 62.5 Å². The molecule has 0 bridgehead atoms. The predicted octanol–water partition coefficient (Wildman–Crippen LogP) is 0.951. The monoisotopic (exact) mass is 284 g/mol. The van der Waals surface area contributed by atoms with E-state index in [0.29, 0.717) is 12.2 Å². The Morgan fingerprint density at radius 1 is 1.10 bits per heavy atom. The van der Waals surface area contributed by atoms with E-state index >= 15 is 0 Å². The molecular formula is C16H20N4O. The fraction of sp³-hybridized carbons (Fsp3) is 0.375. The van der Waals surface area contributed by atoms with Crippen LogP contribution in [-0.4, -0.2) is 60.0 Å². The van der Waals surface area contributed by atoms with Gasteiger partial charge in [-0.2, -0.15) is 0 Å². The maximum Gasteiger partial charge on any atom is 0.272 e. The summed E-state index contributed by atoms with van der Waals surface area (Å²) < 4.78 is 0. The smallest absolute Gasteiger partial charge is 0.272 e. The van der Waals surface area contributed by atoms with Crippen LogP contribution in [-0.2, 0) is 0 Å². The number of carbonyl (C=O) groups is 1. The first-order valence-corrected chi connectivity index (χ1v) is 7.35. The van der Waals surface area contributed by atoms with Crippen LogP contribution in [0.2, 0.25) is 0 Å². The number of piperazine rings is 1. The number of pyridine rings is 1. The molecule has 1 aromatic carbocycles. The van der Waals surface area contributed by atoms with Crippen molar-refractivity contribution in [3.63, 3.8) is 0 Å². The van der Waals surface area contributed by atoms with Crippen LogP contribution in [0.1, 0.15) is 10.5 Å². The van der Waals surface area contributed by atoms with Crippen LogP contribution in [0.25, 0.3) is 10.9 Å². The van der Waals surface area contributed by atoms with Crippen LogP contribution in [0.3, 0.4) is 0 Å². The van der Waals surface area contributed by atoms with Gasteiger partial charge in [-0.25, -0.2) is 4.98 Å². The first-order valence-electron chi connectivity index (χ1n) is 7.35. The molecule has 1 amide bonds. The minimum Gasteiger partial charge on any atom is -0.335 e. The highest BCUT2D eigenvalue weighted by atomic mass is 16.2. The summed E-state index contributed by atoms with van der Waals surface area (Å²) in [5.41, 5.74) is 6.96. The van der Waals surface area contributed by atoms with Gasteiger partial charge in [0.05, 0.1) is 5.52 Å². The van der Waals surface area contributed by atoms with Crippen molar-refractivity contribution in [2.45, 2.75) is 0 Å². The molecule has 1 aromatic heterocycles. The normalized spacial score (nSPS) is 16.3. The second kappa shape index (κ2) is 6.20. The van der Waals surface area contributed by atoms with E-state index < -0.39 is 0 Å². The standard InChI is InChI=1S/C16H20N4O/c17-7-8-19-9-11-20(12-10-19)16(21)15-6-5-13-3-1-2-4-14(13)18-15/h1-6H,7-12,17H2. The molecule has 0 radical (unpaired) electrons. The lowest BCUT2D eigenvalue weighted by molar-refractivity contribution is 0.0635. The van der Waals surface area contributed by atoms with E-state index in [1.54, 1.807) is 0 Å². The lowest BCUT2D eigenvalue weighted by Gasteiger charge is -2.34. The minimum absolute atomic E-state index is 0.0214. The van der Waals surface area contributed by atoms with Crippen molar-refractivity contribution < 1.29 is 4.79 Å². The fourth-order valence-electron chi connectivity index (χ4n) is 2.70. The van der Waals surface area contributed by atoms with E-state index in [1.165, 1.54) is 0 Å². The Labute approximate surface area is 124 Å². The number of hydrogen-bond donors (Lipinski definition) is 1.